The van der Waals surface area contributed by atoms with E-state index in [1.807, 2.05) is 24.3 Å². The number of hydrogen-bond donors (Lipinski definition) is 1. The lowest BCUT2D eigenvalue weighted by atomic mass is 10.1. The largest absolute Gasteiger partial charge is 0.350 e. The van der Waals surface area contributed by atoms with Crippen molar-refractivity contribution < 1.29 is 0 Å². The summed E-state index contributed by atoms with van der Waals surface area (Å²) in [5.41, 5.74) is 2.63. The van der Waals surface area contributed by atoms with Crippen molar-refractivity contribution in [3.8, 4) is 6.07 Å². The van der Waals surface area contributed by atoms with Gasteiger partial charge in [-0.25, -0.2) is 9.78 Å². The third-order valence-corrected chi connectivity index (χ3v) is 5.29. The van der Waals surface area contributed by atoms with Gasteiger partial charge >= 0.3 is 5.69 Å². The van der Waals surface area contributed by atoms with Crippen LogP contribution in [0.4, 0.5) is 0 Å². The fraction of sp³-hybridized carbons (Fsp3) is 0.200. The summed E-state index contributed by atoms with van der Waals surface area (Å²) >= 11 is 7.52. The number of hydrogen-bond acceptors (Lipinski definition) is 5. The van der Waals surface area contributed by atoms with E-state index in [9.17, 15) is 4.79 Å². The molecule has 2 aromatic heterocycles. The van der Waals surface area contributed by atoms with Gasteiger partial charge in [0.2, 0.25) is 0 Å². The molecule has 23 heavy (non-hydrogen) atoms. The zero-order valence-electron chi connectivity index (χ0n) is 11.8. The van der Waals surface area contributed by atoms with Gasteiger partial charge in [0.15, 0.2) is 10.8 Å². The van der Waals surface area contributed by atoms with Crippen LogP contribution in [0.2, 0.25) is 5.02 Å². The highest BCUT2D eigenvalue weighted by Crippen LogP contribution is 2.44. The average Bonchev–Trinajstić information content (AvgIpc) is 3.11. The first kappa shape index (κ1) is 14.3. The molecule has 0 bridgehead atoms. The number of nitriles is 1. The number of aryl methyl sites for hydroxylation is 1. The van der Waals surface area contributed by atoms with Gasteiger partial charge in [-0.05, 0) is 36.1 Å². The number of nitrogens with zero attached hydrogens (tertiary/aromatic N) is 4. The molecule has 1 aliphatic rings. The fourth-order valence-electron chi connectivity index (χ4n) is 2.81. The molecule has 1 atom stereocenters. The van der Waals surface area contributed by atoms with E-state index in [0.717, 1.165) is 22.4 Å². The van der Waals surface area contributed by atoms with Gasteiger partial charge in [0.1, 0.15) is 11.6 Å². The van der Waals surface area contributed by atoms with Crippen molar-refractivity contribution in [2.24, 2.45) is 0 Å². The van der Waals surface area contributed by atoms with Crippen molar-refractivity contribution in [2.45, 2.75) is 23.2 Å². The minimum atomic E-state index is -0.395. The Morgan fingerprint density at radius 3 is 3.17 bits per heavy atom. The number of rotatable bonds is 2. The van der Waals surface area contributed by atoms with Gasteiger partial charge < -0.3 is 0 Å². The Morgan fingerprint density at radius 1 is 1.48 bits per heavy atom. The average molecular weight is 344 g/mol. The van der Waals surface area contributed by atoms with E-state index in [-0.39, 0.29) is 16.5 Å². The second kappa shape index (κ2) is 5.41. The van der Waals surface area contributed by atoms with E-state index in [4.69, 9.17) is 16.9 Å². The Bertz CT molecular complexity index is 1020. The van der Waals surface area contributed by atoms with E-state index in [1.54, 1.807) is 0 Å². The van der Waals surface area contributed by atoms with Gasteiger partial charge in [0.25, 0.3) is 0 Å². The molecular weight excluding hydrogens is 334 g/mol. The van der Waals surface area contributed by atoms with Crippen LogP contribution in [-0.2, 0) is 6.42 Å². The second-order valence-corrected chi connectivity index (χ2v) is 6.87. The number of benzene rings is 1. The van der Waals surface area contributed by atoms with Crippen LogP contribution < -0.4 is 5.69 Å². The second-order valence-electron chi connectivity index (χ2n) is 5.24. The van der Waals surface area contributed by atoms with Crippen molar-refractivity contribution in [2.75, 3.05) is 0 Å². The number of H-pyrrole nitrogens is 1. The van der Waals surface area contributed by atoms with E-state index >= 15 is 0 Å². The summed E-state index contributed by atoms with van der Waals surface area (Å²) in [6.45, 7) is 0. The van der Waals surface area contributed by atoms with Crippen LogP contribution in [0, 0.1) is 11.3 Å². The molecule has 0 radical (unpaired) electrons. The Hall–Kier alpha value is -2.30. The predicted octanol–water partition coefficient (Wildman–Crippen LogP) is 2.72. The molecule has 6 nitrogen and oxygen atoms in total. The summed E-state index contributed by atoms with van der Waals surface area (Å²) in [7, 11) is 0. The molecule has 1 aromatic carbocycles. The van der Waals surface area contributed by atoms with E-state index < -0.39 is 5.69 Å². The number of thioether (sulfide) groups is 1. The highest BCUT2D eigenvalue weighted by atomic mass is 35.5. The molecule has 1 aliphatic carbocycles. The first-order valence-electron chi connectivity index (χ1n) is 6.99. The molecule has 0 fully saturated rings. The molecule has 8 heteroatoms. The van der Waals surface area contributed by atoms with Crippen LogP contribution in [0.1, 0.15) is 28.4 Å². The van der Waals surface area contributed by atoms with Crippen LogP contribution in [0.25, 0.3) is 5.65 Å². The highest BCUT2D eigenvalue weighted by molar-refractivity contribution is 7.99. The van der Waals surface area contributed by atoms with Crippen LogP contribution in [0.3, 0.4) is 0 Å². The Morgan fingerprint density at radius 2 is 2.35 bits per heavy atom. The predicted molar refractivity (Wildman–Crippen MR) is 86.7 cm³/mol. The fourth-order valence-corrected chi connectivity index (χ4v) is 4.15. The SMILES string of the molecule is N#Cc1cnn2c(=O)[nH]c(SC3CCc4cc(Cl)ccc43)nc12. The van der Waals surface area contributed by atoms with E-state index in [2.05, 4.69) is 15.1 Å². The van der Waals surface area contributed by atoms with Crippen molar-refractivity contribution in [1.29, 1.82) is 5.26 Å². The minimum Gasteiger partial charge on any atom is -0.285 e. The Balaban J connectivity index is 1.72. The van der Waals surface area contributed by atoms with Gasteiger partial charge in [-0.1, -0.05) is 29.4 Å². The normalized spacial score (nSPS) is 16.4. The van der Waals surface area contributed by atoms with Crippen molar-refractivity contribution in [1.82, 2.24) is 19.6 Å². The standard InChI is InChI=1S/C15H10ClN5OS/c16-10-2-3-11-8(5-10)1-4-12(11)23-14-19-13-9(6-17)7-18-21(13)15(22)20-14/h2-3,5,7,12H,1,4H2,(H,19,20,22). The van der Waals surface area contributed by atoms with Crippen molar-refractivity contribution in [3.05, 3.63) is 56.6 Å². The van der Waals surface area contributed by atoms with Gasteiger partial charge in [0.05, 0.1) is 6.20 Å². The molecule has 0 saturated heterocycles. The molecule has 114 valence electrons. The maximum atomic E-state index is 12.1. The number of nitrogens with one attached hydrogen (secondary N) is 1. The van der Waals surface area contributed by atoms with Crippen LogP contribution >= 0.6 is 23.4 Å². The maximum absolute atomic E-state index is 12.1. The number of halogens is 1. The first-order valence-corrected chi connectivity index (χ1v) is 8.24. The number of aromatic nitrogens is 4. The van der Waals surface area contributed by atoms with Crippen molar-refractivity contribution in [3.63, 3.8) is 0 Å². The van der Waals surface area contributed by atoms with Gasteiger partial charge in [-0.15, -0.1) is 0 Å². The molecular formula is C15H10ClN5OS. The maximum Gasteiger partial charge on any atom is 0.350 e. The summed E-state index contributed by atoms with van der Waals surface area (Å²) in [6.07, 6.45) is 3.26. The first-order chi connectivity index (χ1) is 11.2. The minimum absolute atomic E-state index is 0.210. The third kappa shape index (κ3) is 2.40. The summed E-state index contributed by atoms with van der Waals surface area (Å²) in [5, 5.41) is 14.4. The monoisotopic (exact) mass is 343 g/mol. The molecule has 0 saturated carbocycles. The Labute approximate surface area is 140 Å². The molecule has 4 rings (SSSR count). The van der Waals surface area contributed by atoms with Gasteiger partial charge in [-0.3, -0.25) is 4.98 Å². The van der Waals surface area contributed by atoms with Gasteiger partial charge in [0, 0.05) is 10.3 Å². The molecule has 0 amide bonds. The molecule has 0 spiro atoms. The lowest BCUT2D eigenvalue weighted by molar-refractivity contribution is 0.781. The highest BCUT2D eigenvalue weighted by Gasteiger charge is 2.25. The van der Waals surface area contributed by atoms with Crippen LogP contribution in [-0.4, -0.2) is 19.6 Å². The lowest BCUT2D eigenvalue weighted by Gasteiger charge is -2.10. The Kier molecular flexibility index (Phi) is 3.36. The zero-order valence-corrected chi connectivity index (χ0v) is 13.4. The summed E-state index contributed by atoms with van der Waals surface area (Å²) in [6, 6.07) is 7.89. The van der Waals surface area contributed by atoms with Crippen LogP contribution in [0.5, 0.6) is 0 Å². The van der Waals surface area contributed by atoms with Crippen LogP contribution in [0.15, 0.2) is 34.3 Å². The van der Waals surface area contributed by atoms with E-state index in [1.165, 1.54) is 29.1 Å². The molecule has 0 aliphatic heterocycles. The third-order valence-electron chi connectivity index (χ3n) is 3.86. The lowest BCUT2D eigenvalue weighted by Crippen LogP contribution is -2.19. The molecule has 3 aromatic rings. The topological polar surface area (TPSA) is 86.8 Å². The summed E-state index contributed by atoms with van der Waals surface area (Å²) in [4.78, 5) is 19.2. The summed E-state index contributed by atoms with van der Waals surface area (Å²) < 4.78 is 1.10. The van der Waals surface area contributed by atoms with E-state index in [0.29, 0.717) is 5.16 Å². The molecule has 2 heterocycles. The van der Waals surface area contributed by atoms with Crippen molar-refractivity contribution >= 4 is 29.0 Å². The quantitative estimate of drug-likeness (QED) is 0.773. The molecule has 1 N–H and O–H groups in total. The molecule has 1 unspecified atom stereocenters. The zero-order chi connectivity index (χ0) is 16.0. The summed E-state index contributed by atoms with van der Waals surface area (Å²) in [5.74, 6) is 0. The number of fused-ring (bicyclic) bond motifs is 2. The van der Waals surface area contributed by atoms with Gasteiger partial charge in [-0.2, -0.15) is 14.9 Å². The number of aromatic amines is 1. The smallest absolute Gasteiger partial charge is 0.285 e.